The van der Waals surface area contributed by atoms with Gasteiger partial charge in [-0.3, -0.25) is 4.79 Å². The maximum Gasteiger partial charge on any atom is 0.416 e. The van der Waals surface area contributed by atoms with E-state index in [0.29, 0.717) is 22.4 Å². The summed E-state index contributed by atoms with van der Waals surface area (Å²) >= 11 is 0. The summed E-state index contributed by atoms with van der Waals surface area (Å²) in [6.45, 7) is -0.0372. The predicted molar refractivity (Wildman–Crippen MR) is 137 cm³/mol. The van der Waals surface area contributed by atoms with E-state index in [2.05, 4.69) is 10.1 Å². The monoisotopic (exact) mass is 517 g/mol. The lowest BCUT2D eigenvalue weighted by molar-refractivity contribution is -0.137. The number of nitrogens with zero attached hydrogens (tertiary/aromatic N) is 3. The lowest BCUT2D eigenvalue weighted by Crippen LogP contribution is -2.20. The Hall–Kier alpha value is -4.79. The van der Waals surface area contributed by atoms with Crippen molar-refractivity contribution in [3.05, 3.63) is 130 Å². The molecule has 1 heterocycles. The molecule has 0 radical (unpaired) electrons. The Kier molecular flexibility index (Phi) is 6.74. The topological polar surface area (TPSA) is 56.5 Å². The van der Waals surface area contributed by atoms with Crippen molar-refractivity contribution >= 4 is 17.1 Å². The summed E-state index contributed by atoms with van der Waals surface area (Å²) in [7, 11) is 0. The van der Waals surface area contributed by atoms with Crippen molar-refractivity contribution < 1.29 is 22.3 Å². The van der Waals surface area contributed by atoms with E-state index in [0.717, 1.165) is 16.8 Å². The van der Waals surface area contributed by atoms with Crippen molar-refractivity contribution in [3.8, 4) is 17.1 Å². The van der Waals surface area contributed by atoms with Crippen molar-refractivity contribution in [2.45, 2.75) is 12.8 Å². The molecule has 9 heteroatoms. The van der Waals surface area contributed by atoms with E-state index < -0.39 is 23.1 Å². The molecule has 0 aliphatic rings. The molecule has 0 atom stereocenters. The zero-order chi connectivity index (χ0) is 26.7. The van der Waals surface area contributed by atoms with Gasteiger partial charge in [0.1, 0.15) is 18.2 Å². The molecule has 0 saturated heterocycles. The fourth-order valence-corrected chi connectivity index (χ4v) is 3.86. The highest BCUT2D eigenvalue weighted by molar-refractivity contribution is 5.84. The normalized spacial score (nSPS) is 11.8. The molecule has 0 aliphatic heterocycles. The second-order valence-electron chi connectivity index (χ2n) is 8.31. The van der Waals surface area contributed by atoms with Crippen molar-refractivity contribution in [2.75, 3.05) is 0 Å². The summed E-state index contributed by atoms with van der Waals surface area (Å²) in [5.74, 6) is -0.0825. The quantitative estimate of drug-likeness (QED) is 0.186. The lowest BCUT2D eigenvalue weighted by atomic mass is 10.1. The van der Waals surface area contributed by atoms with Crippen LogP contribution < -0.4 is 10.3 Å². The van der Waals surface area contributed by atoms with Gasteiger partial charge in [-0.25, -0.2) is 9.37 Å². The SMILES string of the molecule is O=c1c2ccccc2nc(-c2cccc(C(F)(F)F)c2)n1N=Cc1ccccc1OCc1ccccc1F. The maximum atomic E-state index is 14.0. The number of alkyl halides is 3. The Morgan fingerprint density at radius 3 is 2.45 bits per heavy atom. The molecule has 0 spiro atoms. The van der Waals surface area contributed by atoms with E-state index in [4.69, 9.17) is 4.74 Å². The zero-order valence-corrected chi connectivity index (χ0v) is 19.7. The highest BCUT2D eigenvalue weighted by atomic mass is 19.4. The molecule has 190 valence electrons. The molecular weight excluding hydrogens is 498 g/mol. The third-order valence-electron chi connectivity index (χ3n) is 5.77. The Morgan fingerprint density at radius 2 is 1.63 bits per heavy atom. The van der Waals surface area contributed by atoms with Crippen LogP contribution in [0.5, 0.6) is 5.75 Å². The van der Waals surface area contributed by atoms with E-state index in [1.807, 2.05) is 0 Å². The van der Waals surface area contributed by atoms with Crippen molar-refractivity contribution in [1.29, 1.82) is 0 Å². The van der Waals surface area contributed by atoms with E-state index in [1.54, 1.807) is 66.7 Å². The minimum absolute atomic E-state index is 0.0372. The number of fused-ring (bicyclic) bond motifs is 1. The molecule has 0 amide bonds. The van der Waals surface area contributed by atoms with Gasteiger partial charge in [-0.2, -0.15) is 22.9 Å². The van der Waals surface area contributed by atoms with E-state index in [-0.39, 0.29) is 23.4 Å². The third-order valence-corrected chi connectivity index (χ3v) is 5.77. The summed E-state index contributed by atoms with van der Waals surface area (Å²) in [5, 5.41) is 4.56. The summed E-state index contributed by atoms with van der Waals surface area (Å²) in [6.07, 6.45) is -3.22. The van der Waals surface area contributed by atoms with E-state index >= 15 is 0 Å². The Morgan fingerprint density at radius 1 is 0.895 bits per heavy atom. The van der Waals surface area contributed by atoms with Crippen LogP contribution in [0.4, 0.5) is 17.6 Å². The number of rotatable bonds is 6. The summed E-state index contributed by atoms with van der Waals surface area (Å²) in [5.41, 5.74) is -0.197. The van der Waals surface area contributed by atoms with Gasteiger partial charge in [-0.05, 0) is 42.5 Å². The summed E-state index contributed by atoms with van der Waals surface area (Å²) < 4.78 is 61.0. The lowest BCUT2D eigenvalue weighted by Gasteiger charge is -2.12. The first-order valence-electron chi connectivity index (χ1n) is 11.5. The number of para-hydroxylation sites is 2. The molecule has 4 aromatic carbocycles. The third kappa shape index (κ3) is 5.17. The predicted octanol–water partition coefficient (Wildman–Crippen LogP) is 6.68. The van der Waals surface area contributed by atoms with Gasteiger partial charge in [0.15, 0.2) is 5.82 Å². The second kappa shape index (κ2) is 10.3. The highest BCUT2D eigenvalue weighted by Crippen LogP contribution is 2.32. The van der Waals surface area contributed by atoms with Crippen LogP contribution in [-0.4, -0.2) is 15.9 Å². The standard InChI is InChI=1S/C29H19F4N3O2/c30-24-13-4-1-9-21(24)18-38-26-15-6-2-8-20(26)17-34-36-27(19-10-7-11-22(16-19)29(31,32)33)35-25-14-5-3-12-23(25)28(36)37/h1-17H,18H2. The average molecular weight is 517 g/mol. The molecule has 1 aromatic heterocycles. The van der Waals surface area contributed by atoms with Crippen LogP contribution in [0.2, 0.25) is 0 Å². The molecule has 5 aromatic rings. The van der Waals surface area contributed by atoms with Gasteiger partial charge in [0.25, 0.3) is 5.56 Å². The molecule has 0 saturated carbocycles. The van der Waals surface area contributed by atoms with Gasteiger partial charge < -0.3 is 4.74 Å². The minimum Gasteiger partial charge on any atom is -0.488 e. The number of benzene rings is 4. The van der Waals surface area contributed by atoms with Crippen LogP contribution in [0.1, 0.15) is 16.7 Å². The van der Waals surface area contributed by atoms with Gasteiger partial charge in [-0.1, -0.05) is 54.6 Å². The second-order valence-corrected chi connectivity index (χ2v) is 8.31. The van der Waals surface area contributed by atoms with E-state index in [9.17, 15) is 22.4 Å². The van der Waals surface area contributed by atoms with Gasteiger partial charge in [-0.15, -0.1) is 0 Å². The minimum atomic E-state index is -4.57. The summed E-state index contributed by atoms with van der Waals surface area (Å²) in [4.78, 5) is 17.8. The van der Waals surface area contributed by atoms with Crippen LogP contribution in [-0.2, 0) is 12.8 Å². The Labute approximate surface area is 214 Å². The van der Waals surface area contributed by atoms with Crippen molar-refractivity contribution in [3.63, 3.8) is 0 Å². The number of hydrogen-bond donors (Lipinski definition) is 0. The van der Waals surface area contributed by atoms with Crippen LogP contribution in [0.25, 0.3) is 22.3 Å². The number of hydrogen-bond acceptors (Lipinski definition) is 4. The van der Waals surface area contributed by atoms with Crippen LogP contribution in [0, 0.1) is 5.82 Å². The molecule has 0 aliphatic carbocycles. The van der Waals surface area contributed by atoms with Gasteiger partial charge in [0.2, 0.25) is 0 Å². The molecule has 0 bridgehead atoms. The van der Waals surface area contributed by atoms with Crippen molar-refractivity contribution in [1.82, 2.24) is 9.66 Å². The van der Waals surface area contributed by atoms with Gasteiger partial charge in [0.05, 0.1) is 22.7 Å². The molecule has 5 rings (SSSR count). The first-order valence-corrected chi connectivity index (χ1v) is 11.5. The van der Waals surface area contributed by atoms with Gasteiger partial charge >= 0.3 is 6.18 Å². The van der Waals surface area contributed by atoms with Crippen LogP contribution in [0.15, 0.2) is 107 Å². The summed E-state index contributed by atoms with van der Waals surface area (Å²) in [6, 6.07) is 24.1. The first-order chi connectivity index (χ1) is 18.3. The molecular formula is C29H19F4N3O2. The fourth-order valence-electron chi connectivity index (χ4n) is 3.86. The smallest absolute Gasteiger partial charge is 0.416 e. The van der Waals surface area contributed by atoms with Crippen LogP contribution in [0.3, 0.4) is 0 Å². The first kappa shape index (κ1) is 24.9. The van der Waals surface area contributed by atoms with E-state index in [1.165, 1.54) is 24.4 Å². The number of halogens is 4. The molecule has 38 heavy (non-hydrogen) atoms. The average Bonchev–Trinajstić information content (AvgIpc) is 2.92. The van der Waals surface area contributed by atoms with Crippen molar-refractivity contribution in [2.24, 2.45) is 5.10 Å². The molecule has 0 unspecified atom stereocenters. The van der Waals surface area contributed by atoms with Gasteiger partial charge in [0, 0.05) is 16.7 Å². The fraction of sp³-hybridized carbons (Fsp3) is 0.0690. The molecule has 0 N–H and O–H groups in total. The highest BCUT2D eigenvalue weighted by Gasteiger charge is 2.31. The largest absolute Gasteiger partial charge is 0.488 e. The zero-order valence-electron chi connectivity index (χ0n) is 19.7. The number of ether oxygens (including phenoxy) is 1. The Bertz CT molecular complexity index is 1710. The molecule has 5 nitrogen and oxygen atoms in total. The maximum absolute atomic E-state index is 14.0. The van der Waals surface area contributed by atoms with Crippen LogP contribution >= 0.6 is 0 Å². The number of aromatic nitrogens is 2. The Balaban J connectivity index is 1.58. The molecule has 0 fully saturated rings.